The van der Waals surface area contributed by atoms with Gasteiger partial charge in [-0.25, -0.2) is 4.79 Å². The van der Waals surface area contributed by atoms with Gasteiger partial charge in [0.15, 0.2) is 17.6 Å². The van der Waals surface area contributed by atoms with E-state index in [9.17, 15) is 9.59 Å². The molecule has 1 aliphatic carbocycles. The summed E-state index contributed by atoms with van der Waals surface area (Å²) in [7, 11) is 1.32. The van der Waals surface area contributed by atoms with Crippen molar-refractivity contribution in [2.75, 3.05) is 20.3 Å². The van der Waals surface area contributed by atoms with E-state index in [4.69, 9.17) is 23.7 Å². The number of carbonyl (C=O) groups excluding carboxylic acids is 2. The molecule has 0 spiro atoms. The van der Waals surface area contributed by atoms with Crippen LogP contribution >= 0.6 is 0 Å². The lowest BCUT2D eigenvalue weighted by atomic mass is 9.90. The maximum atomic E-state index is 13.5. The van der Waals surface area contributed by atoms with Crippen molar-refractivity contribution in [1.29, 1.82) is 0 Å². The molecule has 3 aliphatic rings. The fourth-order valence-corrected chi connectivity index (χ4v) is 7.17. The number of nitrogens with one attached hydrogen (secondary N) is 2. The minimum atomic E-state index is -0.854. The Balaban J connectivity index is 0.939. The van der Waals surface area contributed by atoms with Gasteiger partial charge in [-0.15, -0.1) is 0 Å². The number of benzene rings is 3. The van der Waals surface area contributed by atoms with E-state index in [1.165, 1.54) is 39.2 Å². The average Bonchev–Trinajstić information content (AvgIpc) is 3.18. The first-order chi connectivity index (χ1) is 25.3. The molecule has 52 heavy (non-hydrogen) atoms. The molecule has 1 amide bonds. The summed E-state index contributed by atoms with van der Waals surface area (Å²) in [6, 6.07) is 20.0. The molecule has 272 valence electrons. The largest absolute Gasteiger partial charge is 0.493 e. The lowest BCUT2D eigenvalue weighted by Gasteiger charge is -2.31. The van der Waals surface area contributed by atoms with Gasteiger partial charge < -0.3 is 34.3 Å². The highest BCUT2D eigenvalue weighted by atomic mass is 16.6. The van der Waals surface area contributed by atoms with Crippen LogP contribution in [0.5, 0.6) is 28.7 Å². The molecule has 1 unspecified atom stereocenters. The number of hydrogen-bond donors (Lipinski definition) is 2. The summed E-state index contributed by atoms with van der Waals surface area (Å²) in [6.45, 7) is 5.54. The smallest absolute Gasteiger partial charge is 0.328 e. The zero-order chi connectivity index (χ0) is 36.0. The van der Waals surface area contributed by atoms with Crippen molar-refractivity contribution in [2.45, 2.75) is 83.5 Å². The Morgan fingerprint density at radius 3 is 2.46 bits per heavy atom. The standard InChI is InChI=1S/C42H47N3O7/c1-26-27(2)43-18-17-37(26)51-34-13-9-28(10-14-34)19-36(42(47)48-3)45-41(46)35-20-31-21-38-39(22-32(31)23-44-35)52-40(25-50-38)30-11-15-33(16-12-30)49-24-29-7-5-4-6-8-29/h9-18,21-22,29,35-36,40,44H,4-8,19-20,23-25H2,1-3H3,(H,45,46)/t35-,36?,40+/m0/s1. The van der Waals surface area contributed by atoms with Gasteiger partial charge in [-0.1, -0.05) is 43.5 Å². The number of esters is 1. The van der Waals surface area contributed by atoms with Gasteiger partial charge in [-0.2, -0.15) is 0 Å². The van der Waals surface area contributed by atoms with Crippen molar-refractivity contribution >= 4 is 11.9 Å². The van der Waals surface area contributed by atoms with Crippen molar-refractivity contribution in [1.82, 2.24) is 15.6 Å². The fraction of sp³-hybridized carbons (Fsp3) is 0.405. The number of carbonyl (C=O) groups is 2. The Morgan fingerprint density at radius 1 is 0.942 bits per heavy atom. The predicted molar refractivity (Wildman–Crippen MR) is 196 cm³/mol. The van der Waals surface area contributed by atoms with Crippen LogP contribution in [0.1, 0.15) is 71.7 Å². The van der Waals surface area contributed by atoms with E-state index in [2.05, 4.69) is 27.8 Å². The molecule has 1 fully saturated rings. The topological polar surface area (TPSA) is 117 Å². The fourth-order valence-electron chi connectivity index (χ4n) is 7.17. The Labute approximate surface area is 305 Å². The SMILES string of the molecule is COC(=O)C(Cc1ccc(Oc2ccnc(C)c2C)cc1)NC(=O)[C@@H]1Cc2cc3c(cc2CN1)O[C@@H](c1ccc(OCC2CCCCC2)cc1)CO3. The molecule has 10 nitrogen and oxygen atoms in total. The zero-order valence-corrected chi connectivity index (χ0v) is 30.1. The number of methoxy groups -OCH3 is 1. The zero-order valence-electron chi connectivity index (χ0n) is 30.1. The lowest BCUT2D eigenvalue weighted by Crippen LogP contribution is -2.53. The van der Waals surface area contributed by atoms with E-state index in [-0.39, 0.29) is 18.4 Å². The van der Waals surface area contributed by atoms with E-state index >= 15 is 0 Å². The number of hydrogen-bond acceptors (Lipinski definition) is 9. The van der Waals surface area contributed by atoms with Gasteiger partial charge in [0.1, 0.15) is 29.9 Å². The first kappa shape index (κ1) is 35.3. The Kier molecular flexibility index (Phi) is 10.9. The molecule has 3 heterocycles. The molecule has 0 radical (unpaired) electrons. The number of aromatic nitrogens is 1. The van der Waals surface area contributed by atoms with Gasteiger partial charge in [-0.05, 0) is 104 Å². The van der Waals surface area contributed by atoms with Crippen LogP contribution in [-0.2, 0) is 33.7 Å². The number of rotatable bonds is 11. The molecule has 1 aromatic heterocycles. The van der Waals surface area contributed by atoms with E-state index in [1.807, 2.05) is 68.4 Å². The molecule has 0 saturated heterocycles. The van der Waals surface area contributed by atoms with E-state index in [0.717, 1.165) is 51.6 Å². The van der Waals surface area contributed by atoms with Crippen LogP contribution in [0.3, 0.4) is 0 Å². The molecule has 3 aromatic carbocycles. The van der Waals surface area contributed by atoms with Crippen molar-refractivity contribution in [2.24, 2.45) is 5.92 Å². The Morgan fingerprint density at radius 2 is 1.69 bits per heavy atom. The van der Waals surface area contributed by atoms with Crippen molar-refractivity contribution < 1.29 is 33.3 Å². The summed E-state index contributed by atoms with van der Waals surface area (Å²) >= 11 is 0. The molecular weight excluding hydrogens is 658 g/mol. The molecule has 10 heteroatoms. The van der Waals surface area contributed by atoms with E-state index in [0.29, 0.717) is 42.7 Å². The third kappa shape index (κ3) is 8.34. The van der Waals surface area contributed by atoms with Gasteiger partial charge in [0, 0.05) is 30.4 Å². The van der Waals surface area contributed by atoms with Crippen molar-refractivity contribution in [3.8, 4) is 28.7 Å². The maximum absolute atomic E-state index is 13.5. The summed E-state index contributed by atoms with van der Waals surface area (Å²) in [5, 5.41) is 6.26. The Hall–Kier alpha value is -5.09. The van der Waals surface area contributed by atoms with Crippen LogP contribution in [0, 0.1) is 19.8 Å². The maximum Gasteiger partial charge on any atom is 0.328 e. The van der Waals surface area contributed by atoms with Gasteiger partial charge in [0.05, 0.1) is 19.8 Å². The number of aryl methyl sites for hydroxylation is 1. The van der Waals surface area contributed by atoms with Crippen LogP contribution in [0.2, 0.25) is 0 Å². The van der Waals surface area contributed by atoms with Crippen LogP contribution in [0.25, 0.3) is 0 Å². The van der Waals surface area contributed by atoms with Gasteiger partial charge in [-0.3, -0.25) is 9.78 Å². The van der Waals surface area contributed by atoms with E-state index in [1.54, 1.807) is 6.20 Å². The Bertz CT molecular complexity index is 1870. The summed E-state index contributed by atoms with van der Waals surface area (Å²) < 4.78 is 29.8. The highest BCUT2D eigenvalue weighted by molar-refractivity contribution is 5.88. The summed E-state index contributed by atoms with van der Waals surface area (Å²) in [6.07, 6.45) is 8.67. The highest BCUT2D eigenvalue weighted by Crippen LogP contribution is 2.40. The van der Waals surface area contributed by atoms with Crippen LogP contribution in [0.4, 0.5) is 0 Å². The lowest BCUT2D eigenvalue weighted by molar-refractivity contribution is -0.145. The molecule has 1 saturated carbocycles. The normalized spacial score (nSPS) is 18.8. The number of nitrogens with zero attached hydrogens (tertiary/aromatic N) is 1. The summed E-state index contributed by atoms with van der Waals surface area (Å²) in [5.41, 5.74) is 5.81. The van der Waals surface area contributed by atoms with Crippen LogP contribution in [0.15, 0.2) is 72.9 Å². The molecule has 3 atom stereocenters. The second-order valence-electron chi connectivity index (χ2n) is 14.1. The van der Waals surface area contributed by atoms with Crippen molar-refractivity contribution in [3.05, 3.63) is 106 Å². The predicted octanol–water partition coefficient (Wildman–Crippen LogP) is 6.88. The monoisotopic (exact) mass is 705 g/mol. The van der Waals surface area contributed by atoms with E-state index < -0.39 is 18.1 Å². The molecular formula is C42H47N3O7. The summed E-state index contributed by atoms with van der Waals surface area (Å²) in [4.78, 5) is 30.6. The van der Waals surface area contributed by atoms with Crippen LogP contribution in [-0.4, -0.2) is 49.3 Å². The van der Waals surface area contributed by atoms with Gasteiger partial charge in [0.25, 0.3) is 0 Å². The van der Waals surface area contributed by atoms with Gasteiger partial charge in [0.2, 0.25) is 5.91 Å². The van der Waals surface area contributed by atoms with Crippen molar-refractivity contribution in [3.63, 3.8) is 0 Å². The molecule has 2 N–H and O–H groups in total. The number of pyridine rings is 1. The quantitative estimate of drug-likeness (QED) is 0.161. The molecule has 2 aliphatic heterocycles. The summed E-state index contributed by atoms with van der Waals surface area (Å²) in [5.74, 6) is 3.51. The number of amides is 1. The number of fused-ring (bicyclic) bond motifs is 2. The molecule has 4 aromatic rings. The molecule has 7 rings (SSSR count). The minimum Gasteiger partial charge on any atom is -0.493 e. The second kappa shape index (κ2) is 16.1. The third-order valence-electron chi connectivity index (χ3n) is 10.5. The first-order valence-corrected chi connectivity index (χ1v) is 18.3. The first-order valence-electron chi connectivity index (χ1n) is 18.3. The second-order valence-corrected chi connectivity index (χ2v) is 14.1. The average molecular weight is 706 g/mol. The molecule has 0 bridgehead atoms. The minimum absolute atomic E-state index is 0.234. The highest BCUT2D eigenvalue weighted by Gasteiger charge is 2.31. The van der Waals surface area contributed by atoms with Gasteiger partial charge >= 0.3 is 5.97 Å². The van der Waals surface area contributed by atoms with Crippen LogP contribution < -0.4 is 29.6 Å². The number of ether oxygens (including phenoxy) is 5. The third-order valence-corrected chi connectivity index (χ3v) is 10.5.